The van der Waals surface area contributed by atoms with E-state index in [9.17, 15) is 5.11 Å². The first-order chi connectivity index (χ1) is 12.7. The number of ether oxygens (including phenoxy) is 1. The summed E-state index contributed by atoms with van der Waals surface area (Å²) in [6.45, 7) is 9.66. The normalized spacial score (nSPS) is 58.5. The molecular formula is C25H38O2. The van der Waals surface area contributed by atoms with E-state index in [1.165, 1.54) is 32.1 Å². The van der Waals surface area contributed by atoms with Gasteiger partial charge < -0.3 is 9.84 Å². The average molecular weight is 371 g/mol. The molecule has 0 bridgehead atoms. The lowest BCUT2D eigenvalue weighted by molar-refractivity contribution is -0.198. The van der Waals surface area contributed by atoms with E-state index in [1.54, 1.807) is 0 Å². The van der Waals surface area contributed by atoms with Gasteiger partial charge in [-0.05, 0) is 106 Å². The molecule has 27 heavy (non-hydrogen) atoms. The van der Waals surface area contributed by atoms with Crippen molar-refractivity contribution >= 4 is 0 Å². The van der Waals surface area contributed by atoms with Crippen LogP contribution in [-0.2, 0) is 4.74 Å². The largest absolute Gasteiger partial charge is 0.393 e. The zero-order chi connectivity index (χ0) is 19.2. The second-order valence-corrected chi connectivity index (χ2v) is 11.9. The van der Waals surface area contributed by atoms with Crippen molar-refractivity contribution in [2.24, 2.45) is 46.3 Å². The van der Waals surface area contributed by atoms with Crippen molar-refractivity contribution in [3.63, 3.8) is 0 Å². The first kappa shape index (κ1) is 18.5. The molecule has 1 heterocycles. The highest BCUT2D eigenvalue weighted by Gasteiger charge is 2.67. The van der Waals surface area contributed by atoms with Crippen LogP contribution in [0.4, 0.5) is 0 Å². The minimum atomic E-state index is -0.102. The van der Waals surface area contributed by atoms with Crippen LogP contribution in [0.2, 0.25) is 0 Å². The Morgan fingerprint density at radius 2 is 1.63 bits per heavy atom. The van der Waals surface area contributed by atoms with Gasteiger partial charge in [0.05, 0.1) is 17.8 Å². The summed E-state index contributed by atoms with van der Waals surface area (Å²) in [5.74, 6) is 7.02. The van der Waals surface area contributed by atoms with Gasteiger partial charge in [-0.1, -0.05) is 13.8 Å². The first-order valence-corrected chi connectivity index (χ1v) is 11.5. The molecule has 1 N–H and O–H groups in total. The molecule has 2 nitrogen and oxygen atoms in total. The summed E-state index contributed by atoms with van der Waals surface area (Å²) < 4.78 is 6.84. The fourth-order valence-corrected chi connectivity index (χ4v) is 9.09. The molecule has 5 fully saturated rings. The Bertz CT molecular complexity index is 662. The van der Waals surface area contributed by atoms with Gasteiger partial charge in [0.25, 0.3) is 0 Å². The molecule has 5 aliphatic rings. The molecule has 10 atom stereocenters. The van der Waals surface area contributed by atoms with E-state index in [0.717, 1.165) is 31.1 Å². The summed E-state index contributed by atoms with van der Waals surface area (Å²) in [6, 6.07) is 0. The highest BCUT2D eigenvalue weighted by molar-refractivity contribution is 5.18. The maximum atomic E-state index is 10.5. The number of hydrogen-bond acceptors (Lipinski definition) is 2. The summed E-state index contributed by atoms with van der Waals surface area (Å²) in [7, 11) is 0. The SMILES string of the molecule is C#CC1CCC2C3C(CC[C@]12C)[C@@]1(C)CC[C@@H](O)CC1[C@H]1CC(C)(C)O[C@H]31. The predicted molar refractivity (Wildman–Crippen MR) is 108 cm³/mol. The molecule has 2 heteroatoms. The number of fused-ring (bicyclic) bond motifs is 8. The number of rotatable bonds is 0. The quantitative estimate of drug-likeness (QED) is 0.605. The van der Waals surface area contributed by atoms with Crippen molar-refractivity contribution in [2.75, 3.05) is 0 Å². The minimum Gasteiger partial charge on any atom is -0.393 e. The van der Waals surface area contributed by atoms with E-state index < -0.39 is 0 Å². The molecule has 0 radical (unpaired) electrons. The lowest BCUT2D eigenvalue weighted by atomic mass is 9.42. The predicted octanol–water partition coefficient (Wildman–Crippen LogP) is 5.04. The number of aliphatic hydroxyl groups is 1. The van der Waals surface area contributed by atoms with Crippen LogP contribution in [0, 0.1) is 58.7 Å². The smallest absolute Gasteiger partial charge is 0.0648 e. The van der Waals surface area contributed by atoms with Crippen LogP contribution in [0.5, 0.6) is 0 Å². The summed E-state index contributed by atoms with van der Waals surface area (Å²) in [5.41, 5.74) is 0.670. The fraction of sp³-hybridized carbons (Fsp3) is 0.920. The van der Waals surface area contributed by atoms with Gasteiger partial charge >= 0.3 is 0 Å². The Balaban J connectivity index is 1.58. The zero-order valence-corrected chi connectivity index (χ0v) is 17.7. The van der Waals surface area contributed by atoms with Gasteiger partial charge in [-0.25, -0.2) is 0 Å². The van der Waals surface area contributed by atoms with E-state index in [-0.39, 0.29) is 11.7 Å². The van der Waals surface area contributed by atoms with Crippen molar-refractivity contribution in [3.05, 3.63) is 0 Å². The molecule has 5 unspecified atom stereocenters. The monoisotopic (exact) mass is 370 g/mol. The van der Waals surface area contributed by atoms with E-state index >= 15 is 0 Å². The third kappa shape index (κ3) is 2.40. The highest BCUT2D eigenvalue weighted by atomic mass is 16.5. The maximum Gasteiger partial charge on any atom is 0.0648 e. The van der Waals surface area contributed by atoms with Gasteiger partial charge in [0, 0.05) is 5.92 Å². The molecule has 0 aromatic rings. The van der Waals surface area contributed by atoms with Gasteiger partial charge in [0.1, 0.15) is 0 Å². The van der Waals surface area contributed by atoms with Crippen LogP contribution in [-0.4, -0.2) is 22.9 Å². The van der Waals surface area contributed by atoms with Crippen molar-refractivity contribution in [2.45, 2.75) is 96.9 Å². The van der Waals surface area contributed by atoms with Crippen molar-refractivity contribution < 1.29 is 9.84 Å². The molecule has 5 rings (SSSR count). The summed E-state index contributed by atoms with van der Waals surface area (Å²) >= 11 is 0. The van der Waals surface area contributed by atoms with E-state index in [1.807, 2.05) is 0 Å². The van der Waals surface area contributed by atoms with E-state index in [4.69, 9.17) is 11.2 Å². The van der Waals surface area contributed by atoms with Crippen LogP contribution in [0.15, 0.2) is 0 Å². The number of terminal acetylenes is 1. The Morgan fingerprint density at radius 3 is 2.37 bits per heavy atom. The molecule has 0 spiro atoms. The molecule has 1 saturated heterocycles. The summed E-state index contributed by atoms with van der Waals surface area (Å²) in [4.78, 5) is 0. The Kier molecular flexibility index (Phi) is 3.95. The highest BCUT2D eigenvalue weighted by Crippen LogP contribution is 2.70. The van der Waals surface area contributed by atoms with Crippen LogP contribution in [0.1, 0.15) is 79.1 Å². The molecule has 0 aromatic heterocycles. The average Bonchev–Trinajstić information content (AvgIpc) is 3.11. The maximum absolute atomic E-state index is 10.5. The van der Waals surface area contributed by atoms with Gasteiger partial charge in [-0.2, -0.15) is 0 Å². The topological polar surface area (TPSA) is 29.5 Å². The molecule has 150 valence electrons. The van der Waals surface area contributed by atoms with Crippen LogP contribution in [0.25, 0.3) is 0 Å². The van der Waals surface area contributed by atoms with Crippen LogP contribution >= 0.6 is 0 Å². The summed E-state index contributed by atoms with van der Waals surface area (Å²) in [6.07, 6.45) is 15.7. The summed E-state index contributed by atoms with van der Waals surface area (Å²) in [5, 5.41) is 10.5. The molecule has 4 saturated carbocycles. The van der Waals surface area contributed by atoms with Crippen LogP contribution in [0.3, 0.4) is 0 Å². The molecule has 1 aliphatic heterocycles. The Labute approximate surface area is 165 Å². The second-order valence-electron chi connectivity index (χ2n) is 11.9. The van der Waals surface area contributed by atoms with Gasteiger partial charge in [-0.15, -0.1) is 12.3 Å². The number of hydrogen-bond donors (Lipinski definition) is 1. The third-order valence-electron chi connectivity index (χ3n) is 10.3. The molecule has 0 amide bonds. The van der Waals surface area contributed by atoms with E-state index in [2.05, 4.69) is 33.6 Å². The molecule has 0 aromatic carbocycles. The first-order valence-electron chi connectivity index (χ1n) is 11.5. The van der Waals surface area contributed by atoms with E-state index in [0.29, 0.717) is 40.6 Å². The molecular weight excluding hydrogens is 332 g/mol. The van der Waals surface area contributed by atoms with Gasteiger partial charge in [0.15, 0.2) is 0 Å². The Morgan fingerprint density at radius 1 is 0.926 bits per heavy atom. The van der Waals surface area contributed by atoms with Crippen molar-refractivity contribution in [3.8, 4) is 12.3 Å². The Hall–Kier alpha value is -0.520. The van der Waals surface area contributed by atoms with Crippen LogP contribution < -0.4 is 0 Å². The molecule has 4 aliphatic carbocycles. The third-order valence-corrected chi connectivity index (χ3v) is 10.3. The van der Waals surface area contributed by atoms with Crippen molar-refractivity contribution in [1.82, 2.24) is 0 Å². The zero-order valence-electron chi connectivity index (χ0n) is 17.7. The van der Waals surface area contributed by atoms with Gasteiger partial charge in [-0.3, -0.25) is 0 Å². The lowest BCUT2D eigenvalue weighted by Gasteiger charge is -2.64. The standard InChI is InChI=1S/C25H38O2/c1-6-15-7-8-18-21-19(10-12-24(15,18)4)25(5)11-9-16(26)13-20(25)17-14-23(2,3)27-22(17)21/h1,15-22,26H,7-14H2,2-5H3/t15?,16-,17-,18?,19?,20?,21?,22+,24-,25-/m1/s1. The number of aliphatic hydroxyl groups excluding tert-OH is 1. The lowest BCUT2D eigenvalue weighted by Crippen LogP contribution is -2.61. The fourth-order valence-electron chi connectivity index (χ4n) is 9.09. The van der Waals surface area contributed by atoms with Crippen molar-refractivity contribution in [1.29, 1.82) is 0 Å². The van der Waals surface area contributed by atoms with Gasteiger partial charge in [0.2, 0.25) is 0 Å². The second kappa shape index (κ2) is 5.76. The minimum absolute atomic E-state index is 0.0223.